The van der Waals surface area contributed by atoms with Gasteiger partial charge in [0.05, 0.1) is 18.9 Å². The van der Waals surface area contributed by atoms with E-state index in [9.17, 15) is 14.0 Å². The van der Waals surface area contributed by atoms with E-state index in [0.717, 1.165) is 50.3 Å². The molecule has 3 amide bonds. The summed E-state index contributed by atoms with van der Waals surface area (Å²) in [5.74, 6) is 1.41. The molecule has 0 spiro atoms. The lowest BCUT2D eigenvalue weighted by Crippen LogP contribution is -2.50. The molecule has 1 saturated heterocycles. The van der Waals surface area contributed by atoms with E-state index in [-0.39, 0.29) is 30.9 Å². The molecule has 8 nitrogen and oxygen atoms in total. The van der Waals surface area contributed by atoms with Crippen molar-refractivity contribution in [3.8, 4) is 11.4 Å². The van der Waals surface area contributed by atoms with E-state index < -0.39 is 6.03 Å². The lowest BCUT2D eigenvalue weighted by Gasteiger charge is -2.26. The maximum Gasteiger partial charge on any atom is 0.329 e. The Balaban J connectivity index is 1.06. The number of amides is 3. The van der Waals surface area contributed by atoms with Crippen LogP contribution in [-0.4, -0.2) is 45.6 Å². The Morgan fingerprint density at radius 2 is 2.00 bits per heavy atom. The van der Waals surface area contributed by atoms with Gasteiger partial charge in [0.1, 0.15) is 17.5 Å². The van der Waals surface area contributed by atoms with E-state index in [0.29, 0.717) is 28.9 Å². The fraction of sp³-hybridized carbons (Fsp3) is 0.414. The Morgan fingerprint density at radius 3 is 2.82 bits per heavy atom. The molecule has 1 saturated carbocycles. The minimum Gasteiger partial charge on any atom is -0.373 e. The number of hydrogen-bond donors (Lipinski definition) is 1. The van der Waals surface area contributed by atoms with Crippen molar-refractivity contribution in [3.05, 3.63) is 70.1 Å². The highest BCUT2D eigenvalue weighted by Crippen LogP contribution is 2.34. The number of halogens is 2. The van der Waals surface area contributed by atoms with Gasteiger partial charge in [-0.25, -0.2) is 14.2 Å². The number of ether oxygens (including phenoxy) is 1. The minimum atomic E-state index is -0.416. The number of carbonyl (C=O) groups is 2. The summed E-state index contributed by atoms with van der Waals surface area (Å²) in [6.07, 6.45) is 5.12. The van der Waals surface area contributed by atoms with Crippen LogP contribution in [0.4, 0.5) is 15.0 Å². The molecular weight excluding hydrogens is 521 g/mol. The zero-order valence-corrected chi connectivity index (χ0v) is 22.6. The standard InChI is InChI=1S/C29H31ClFN5O3/c1-34-27(36-10-9-26(37)33-29(36)38)13-32-28(34)19-6-7-20-15-35(16-21(20)12-19)14-18-5-8-22(11-18)39-17-23-24(30)3-2-4-25(23)31/h2-4,6-7,12-13,18,22H,5,8-11,14-17H2,1H3,(H,33,37,38). The largest absolute Gasteiger partial charge is 0.373 e. The molecule has 0 radical (unpaired) electrons. The van der Waals surface area contributed by atoms with Gasteiger partial charge in [-0.3, -0.25) is 19.9 Å². The highest BCUT2D eigenvalue weighted by atomic mass is 35.5. The fourth-order valence-corrected chi connectivity index (χ4v) is 6.24. The second kappa shape index (κ2) is 10.7. The van der Waals surface area contributed by atoms with Crippen LogP contribution >= 0.6 is 11.6 Å². The number of urea groups is 1. The van der Waals surface area contributed by atoms with Crippen LogP contribution in [0.3, 0.4) is 0 Å². The van der Waals surface area contributed by atoms with Gasteiger partial charge in [-0.05, 0) is 54.5 Å². The van der Waals surface area contributed by atoms with Crippen LogP contribution in [0.1, 0.15) is 42.4 Å². The van der Waals surface area contributed by atoms with Crippen molar-refractivity contribution >= 4 is 29.4 Å². The van der Waals surface area contributed by atoms with Gasteiger partial charge in [0, 0.05) is 55.8 Å². The Kier molecular flexibility index (Phi) is 7.14. The molecule has 3 aliphatic rings. The SMILES string of the molecule is Cn1c(N2CCC(=O)NC2=O)cnc1-c1ccc2c(c1)CN(CC1CCC(OCc3c(F)cccc3Cl)C1)C2. The molecule has 2 unspecified atom stereocenters. The lowest BCUT2D eigenvalue weighted by molar-refractivity contribution is -0.120. The third-order valence-electron chi connectivity index (χ3n) is 8.08. The zero-order chi connectivity index (χ0) is 27.1. The molecule has 1 aliphatic carbocycles. The summed E-state index contributed by atoms with van der Waals surface area (Å²) in [4.78, 5) is 32.5. The second-order valence-electron chi connectivity index (χ2n) is 10.7. The van der Waals surface area contributed by atoms with E-state index in [1.54, 1.807) is 23.2 Å². The van der Waals surface area contributed by atoms with E-state index >= 15 is 0 Å². The predicted octanol–water partition coefficient (Wildman–Crippen LogP) is 5.03. The molecule has 2 fully saturated rings. The highest BCUT2D eigenvalue weighted by Gasteiger charge is 2.30. The quantitative estimate of drug-likeness (QED) is 0.446. The molecule has 3 aromatic rings. The van der Waals surface area contributed by atoms with Crippen molar-refractivity contribution in [2.75, 3.05) is 18.0 Å². The molecule has 10 heteroatoms. The van der Waals surface area contributed by atoms with Gasteiger partial charge in [-0.15, -0.1) is 0 Å². The number of imidazole rings is 1. The minimum absolute atomic E-state index is 0.125. The number of nitrogens with one attached hydrogen (secondary N) is 1. The van der Waals surface area contributed by atoms with Crippen LogP contribution in [0.25, 0.3) is 11.4 Å². The Morgan fingerprint density at radius 1 is 1.15 bits per heavy atom. The van der Waals surface area contributed by atoms with Gasteiger partial charge in [-0.2, -0.15) is 0 Å². The molecule has 1 N–H and O–H groups in total. The summed E-state index contributed by atoms with van der Waals surface area (Å²) in [5, 5.41) is 2.78. The van der Waals surface area contributed by atoms with Gasteiger partial charge in [0.25, 0.3) is 0 Å². The van der Waals surface area contributed by atoms with E-state index in [4.69, 9.17) is 16.3 Å². The summed E-state index contributed by atoms with van der Waals surface area (Å²) in [5.41, 5.74) is 4.04. The molecular formula is C29H31ClFN5O3. The van der Waals surface area contributed by atoms with Gasteiger partial charge in [-0.1, -0.05) is 29.8 Å². The number of rotatable bonds is 7. The number of aromatic nitrogens is 2. The first-order valence-electron chi connectivity index (χ1n) is 13.4. The topological polar surface area (TPSA) is 79.7 Å². The Bertz CT molecular complexity index is 1410. The number of anilines is 1. The molecule has 3 heterocycles. The molecule has 0 bridgehead atoms. The monoisotopic (exact) mass is 551 g/mol. The maximum absolute atomic E-state index is 14.1. The first-order chi connectivity index (χ1) is 18.9. The van der Waals surface area contributed by atoms with E-state index in [1.165, 1.54) is 17.2 Å². The Labute approximate surface area is 231 Å². The maximum atomic E-state index is 14.1. The first-order valence-corrected chi connectivity index (χ1v) is 13.8. The number of hydrogen-bond acceptors (Lipinski definition) is 5. The summed E-state index contributed by atoms with van der Waals surface area (Å²) < 4.78 is 22.0. The molecule has 6 rings (SSSR count). The second-order valence-corrected chi connectivity index (χ2v) is 11.1. The van der Waals surface area contributed by atoms with Gasteiger partial charge >= 0.3 is 6.03 Å². The van der Waals surface area contributed by atoms with Gasteiger partial charge in [0.15, 0.2) is 0 Å². The number of carbonyl (C=O) groups excluding carboxylic acids is 2. The summed E-state index contributed by atoms with van der Waals surface area (Å²) >= 11 is 6.15. The summed E-state index contributed by atoms with van der Waals surface area (Å²) in [6.45, 7) is 3.34. The fourth-order valence-electron chi connectivity index (χ4n) is 6.02. The number of benzene rings is 2. The van der Waals surface area contributed by atoms with Crippen LogP contribution in [-0.2, 0) is 36.3 Å². The average Bonchev–Trinajstić information content (AvgIpc) is 3.62. The van der Waals surface area contributed by atoms with Crippen LogP contribution in [0.5, 0.6) is 0 Å². The summed E-state index contributed by atoms with van der Waals surface area (Å²) in [7, 11) is 1.89. The van der Waals surface area contributed by atoms with Crippen molar-refractivity contribution in [2.24, 2.45) is 13.0 Å². The van der Waals surface area contributed by atoms with Crippen molar-refractivity contribution in [2.45, 2.75) is 51.5 Å². The predicted molar refractivity (Wildman–Crippen MR) is 146 cm³/mol. The Hall–Kier alpha value is -3.27. The average molecular weight is 552 g/mol. The molecule has 39 heavy (non-hydrogen) atoms. The lowest BCUT2D eigenvalue weighted by atomic mass is 10.1. The van der Waals surface area contributed by atoms with Crippen molar-refractivity contribution in [1.29, 1.82) is 0 Å². The highest BCUT2D eigenvalue weighted by molar-refractivity contribution is 6.31. The summed E-state index contributed by atoms with van der Waals surface area (Å²) in [6, 6.07) is 10.8. The van der Waals surface area contributed by atoms with Crippen LogP contribution in [0.2, 0.25) is 5.02 Å². The number of fused-ring (bicyclic) bond motifs is 1. The van der Waals surface area contributed by atoms with E-state index in [1.807, 2.05) is 11.6 Å². The molecule has 1 aromatic heterocycles. The van der Waals surface area contributed by atoms with E-state index in [2.05, 4.69) is 33.4 Å². The number of imide groups is 1. The van der Waals surface area contributed by atoms with Crippen molar-refractivity contribution in [1.82, 2.24) is 19.8 Å². The number of nitrogens with zero attached hydrogens (tertiary/aromatic N) is 4. The van der Waals surface area contributed by atoms with Crippen molar-refractivity contribution in [3.63, 3.8) is 0 Å². The zero-order valence-electron chi connectivity index (χ0n) is 21.8. The van der Waals surface area contributed by atoms with Crippen LogP contribution < -0.4 is 10.2 Å². The normalized spacial score (nSPS) is 21.5. The third kappa shape index (κ3) is 5.31. The van der Waals surface area contributed by atoms with Gasteiger partial charge < -0.3 is 9.30 Å². The molecule has 2 aliphatic heterocycles. The van der Waals surface area contributed by atoms with Crippen LogP contribution in [0, 0.1) is 11.7 Å². The van der Waals surface area contributed by atoms with Gasteiger partial charge in [0.2, 0.25) is 5.91 Å². The molecule has 2 aromatic carbocycles. The molecule has 2 atom stereocenters. The van der Waals surface area contributed by atoms with Crippen molar-refractivity contribution < 1.29 is 18.7 Å². The molecule has 204 valence electrons. The van der Waals surface area contributed by atoms with Crippen LogP contribution in [0.15, 0.2) is 42.6 Å². The third-order valence-corrected chi connectivity index (χ3v) is 8.44. The smallest absolute Gasteiger partial charge is 0.329 e. The first kappa shape index (κ1) is 26.0.